The van der Waals surface area contributed by atoms with E-state index >= 15 is 0 Å². The molecule has 2 atom stereocenters. The van der Waals surface area contributed by atoms with Gasteiger partial charge < -0.3 is 4.57 Å². The molecule has 0 saturated heterocycles. The molecule has 0 amide bonds. The highest BCUT2D eigenvalue weighted by molar-refractivity contribution is 7.80. The van der Waals surface area contributed by atoms with Crippen molar-refractivity contribution in [1.29, 1.82) is 0 Å². The van der Waals surface area contributed by atoms with E-state index < -0.39 is 12.8 Å². The summed E-state index contributed by atoms with van der Waals surface area (Å²) in [6.07, 6.45) is 1.26. The van der Waals surface area contributed by atoms with Crippen molar-refractivity contribution in [1.82, 2.24) is 0 Å². The van der Waals surface area contributed by atoms with Crippen molar-refractivity contribution in [3.8, 4) is 0 Å². The fourth-order valence-corrected chi connectivity index (χ4v) is 7.64. The zero-order chi connectivity index (χ0) is 18.0. The highest BCUT2D eigenvalue weighted by atomic mass is 31.2. The van der Waals surface area contributed by atoms with Gasteiger partial charge in [0.15, 0.2) is 7.14 Å². The Hall–Kier alpha value is -2.44. The first-order valence-corrected chi connectivity index (χ1v) is 10.8. The molecule has 4 rings (SSSR count). The van der Waals surface area contributed by atoms with E-state index in [9.17, 15) is 9.36 Å². The number of Topliss-reactive ketones (excluding diaryl/α,β-unsaturated/α-hetero) is 1. The molecule has 3 aromatic carbocycles. The molecule has 1 saturated carbocycles. The van der Waals surface area contributed by atoms with Crippen LogP contribution in [0.3, 0.4) is 0 Å². The van der Waals surface area contributed by atoms with Crippen molar-refractivity contribution < 1.29 is 9.36 Å². The normalized spacial score (nSPS) is 20.2. The molecule has 1 aliphatic carbocycles. The van der Waals surface area contributed by atoms with Crippen molar-refractivity contribution in [3.63, 3.8) is 0 Å². The van der Waals surface area contributed by atoms with E-state index in [2.05, 4.69) is 12.1 Å². The predicted molar refractivity (Wildman–Crippen MR) is 107 cm³/mol. The summed E-state index contributed by atoms with van der Waals surface area (Å²) in [5, 5.41) is 1.54. The van der Waals surface area contributed by atoms with Crippen molar-refractivity contribution >= 4 is 23.5 Å². The van der Waals surface area contributed by atoms with E-state index in [0.29, 0.717) is 6.42 Å². The van der Waals surface area contributed by atoms with Gasteiger partial charge in [0, 0.05) is 22.9 Å². The van der Waals surface area contributed by atoms with Gasteiger partial charge in [0.1, 0.15) is 5.78 Å². The smallest absolute Gasteiger partial charge is 0.153 e. The van der Waals surface area contributed by atoms with Crippen LogP contribution in [0.2, 0.25) is 0 Å². The van der Waals surface area contributed by atoms with Crippen LogP contribution in [-0.2, 0) is 9.36 Å². The quantitative estimate of drug-likeness (QED) is 0.641. The van der Waals surface area contributed by atoms with E-state index in [1.807, 2.05) is 78.9 Å². The van der Waals surface area contributed by atoms with Crippen LogP contribution in [0, 0.1) is 0 Å². The lowest BCUT2D eigenvalue weighted by molar-refractivity contribution is -0.117. The number of ketones is 1. The largest absolute Gasteiger partial charge is 0.313 e. The van der Waals surface area contributed by atoms with Gasteiger partial charge in [0.2, 0.25) is 0 Å². The van der Waals surface area contributed by atoms with Gasteiger partial charge in [0.05, 0.1) is 5.66 Å². The molecule has 1 fully saturated rings. The third kappa shape index (κ3) is 2.85. The average molecular weight is 360 g/mol. The molecule has 3 aromatic rings. The fraction of sp³-hybridized carbons (Fsp3) is 0.174. The van der Waals surface area contributed by atoms with Crippen molar-refractivity contribution in [2.75, 3.05) is 0 Å². The molecule has 130 valence electrons. The summed E-state index contributed by atoms with van der Waals surface area (Å²) in [4.78, 5) is 13.0. The van der Waals surface area contributed by atoms with Crippen LogP contribution in [0.15, 0.2) is 91.0 Å². The number of carbonyl (C=O) groups excluding carboxylic acids is 1. The van der Waals surface area contributed by atoms with Gasteiger partial charge in [0.25, 0.3) is 0 Å². The summed E-state index contributed by atoms with van der Waals surface area (Å²) >= 11 is 0. The van der Waals surface area contributed by atoms with Gasteiger partial charge in [-0.2, -0.15) is 0 Å². The lowest BCUT2D eigenvalue weighted by atomic mass is 9.97. The Morgan fingerprint density at radius 2 is 1.15 bits per heavy atom. The summed E-state index contributed by atoms with van der Waals surface area (Å²) < 4.78 is 14.6. The van der Waals surface area contributed by atoms with Crippen LogP contribution in [0.25, 0.3) is 0 Å². The molecule has 2 nitrogen and oxygen atoms in total. The minimum Gasteiger partial charge on any atom is -0.313 e. The summed E-state index contributed by atoms with van der Waals surface area (Å²) in [6.45, 7) is 0. The van der Waals surface area contributed by atoms with E-state index in [1.54, 1.807) is 0 Å². The standard InChI is InChI=1S/C23H21O2P/c24-22-17-16-21(18-10-4-1-5-11-18)23(22)26(25,19-12-6-2-7-13-19)20-14-8-3-9-15-20/h1-15,21,23H,16-17H2/t21-,23-/m0/s1. The van der Waals surface area contributed by atoms with Crippen molar-refractivity contribution in [2.24, 2.45) is 0 Å². The molecule has 0 unspecified atom stereocenters. The second-order valence-electron chi connectivity index (χ2n) is 6.80. The second-order valence-corrected chi connectivity index (χ2v) is 9.70. The molecule has 0 aromatic heterocycles. The Labute approximate surface area is 154 Å². The number of carbonyl (C=O) groups is 1. The summed E-state index contributed by atoms with van der Waals surface area (Å²) in [5.41, 5.74) is 0.616. The Kier molecular flexibility index (Phi) is 4.61. The van der Waals surface area contributed by atoms with Gasteiger partial charge in [-0.1, -0.05) is 91.0 Å². The topological polar surface area (TPSA) is 34.1 Å². The summed E-state index contributed by atoms with van der Waals surface area (Å²) in [7, 11) is -3.10. The molecular weight excluding hydrogens is 339 g/mol. The Morgan fingerprint density at radius 1 is 0.692 bits per heavy atom. The van der Waals surface area contributed by atoms with Crippen LogP contribution >= 0.6 is 7.14 Å². The maximum absolute atomic E-state index is 14.6. The van der Waals surface area contributed by atoms with Crippen LogP contribution in [0.1, 0.15) is 24.3 Å². The molecule has 0 N–H and O–H groups in total. The fourth-order valence-electron chi connectivity index (χ4n) is 4.10. The summed E-state index contributed by atoms with van der Waals surface area (Å²) in [6, 6.07) is 29.1. The highest BCUT2D eigenvalue weighted by Crippen LogP contribution is 2.57. The maximum atomic E-state index is 14.6. The molecule has 0 bridgehead atoms. The molecular formula is C23H21O2P. The molecule has 0 heterocycles. The molecule has 0 spiro atoms. The van der Waals surface area contributed by atoms with E-state index in [4.69, 9.17) is 0 Å². The molecule has 3 heteroatoms. The van der Waals surface area contributed by atoms with E-state index in [1.165, 1.54) is 0 Å². The monoisotopic (exact) mass is 360 g/mol. The van der Waals surface area contributed by atoms with Crippen LogP contribution in [-0.4, -0.2) is 11.4 Å². The summed E-state index contributed by atoms with van der Waals surface area (Å²) in [5.74, 6) is 0.116. The lowest BCUT2D eigenvalue weighted by Gasteiger charge is -2.29. The second kappa shape index (κ2) is 7.05. The molecule has 1 aliphatic rings. The van der Waals surface area contributed by atoms with Gasteiger partial charge in [-0.15, -0.1) is 0 Å². The number of hydrogen-bond donors (Lipinski definition) is 0. The zero-order valence-corrected chi connectivity index (χ0v) is 15.4. The zero-order valence-electron chi connectivity index (χ0n) is 14.5. The van der Waals surface area contributed by atoms with Crippen molar-refractivity contribution in [2.45, 2.75) is 24.4 Å². The first kappa shape index (κ1) is 17.0. The predicted octanol–water partition coefficient (Wildman–Crippen LogP) is 4.52. The first-order chi connectivity index (χ1) is 12.7. The number of benzene rings is 3. The third-order valence-corrected chi connectivity index (χ3v) is 8.87. The Morgan fingerprint density at radius 3 is 1.65 bits per heavy atom. The van der Waals surface area contributed by atoms with Crippen LogP contribution in [0.5, 0.6) is 0 Å². The number of rotatable bonds is 4. The van der Waals surface area contributed by atoms with E-state index in [-0.39, 0.29) is 11.7 Å². The SMILES string of the molecule is O=C1CC[C@@H](c2ccccc2)[C@@H]1P(=O)(c1ccccc1)c1ccccc1. The van der Waals surface area contributed by atoms with Gasteiger partial charge in [-0.3, -0.25) is 4.79 Å². The van der Waals surface area contributed by atoms with Crippen LogP contribution in [0.4, 0.5) is 0 Å². The van der Waals surface area contributed by atoms with Gasteiger partial charge in [-0.25, -0.2) is 0 Å². The Bertz CT molecular complexity index is 892. The molecule has 26 heavy (non-hydrogen) atoms. The minimum absolute atomic E-state index is 0.00468. The minimum atomic E-state index is -3.10. The maximum Gasteiger partial charge on any atom is 0.153 e. The molecule has 0 aliphatic heterocycles. The average Bonchev–Trinajstić information content (AvgIpc) is 3.11. The number of hydrogen-bond acceptors (Lipinski definition) is 2. The molecule has 0 radical (unpaired) electrons. The first-order valence-electron chi connectivity index (χ1n) is 9.00. The van der Waals surface area contributed by atoms with Gasteiger partial charge >= 0.3 is 0 Å². The lowest BCUT2D eigenvalue weighted by Crippen LogP contribution is -2.32. The van der Waals surface area contributed by atoms with E-state index in [0.717, 1.165) is 22.6 Å². The highest BCUT2D eigenvalue weighted by Gasteiger charge is 2.49. The van der Waals surface area contributed by atoms with Crippen molar-refractivity contribution in [3.05, 3.63) is 96.6 Å². The third-order valence-electron chi connectivity index (χ3n) is 5.31. The van der Waals surface area contributed by atoms with Crippen LogP contribution < -0.4 is 10.6 Å². The van der Waals surface area contributed by atoms with Gasteiger partial charge in [-0.05, 0) is 12.0 Å². The Balaban J connectivity index is 1.91.